The van der Waals surface area contributed by atoms with Crippen LogP contribution in [0.2, 0.25) is 0 Å². The second kappa shape index (κ2) is 6.82. The fourth-order valence-electron chi connectivity index (χ4n) is 1.97. The molecule has 0 aliphatic heterocycles. The molecule has 2 amide bonds. The number of primary amides is 1. The van der Waals surface area contributed by atoms with Crippen LogP contribution in [0.3, 0.4) is 0 Å². The zero-order valence-electron chi connectivity index (χ0n) is 11.9. The number of hydrogen-bond donors (Lipinski definition) is 2. The summed E-state index contributed by atoms with van der Waals surface area (Å²) in [6.07, 6.45) is 0. The summed E-state index contributed by atoms with van der Waals surface area (Å²) >= 11 is 0. The third kappa shape index (κ3) is 4.00. The molecular formula is C15H13F2N3O3. The van der Waals surface area contributed by atoms with Gasteiger partial charge in [-0.2, -0.15) is 0 Å². The quantitative estimate of drug-likeness (QED) is 0.841. The van der Waals surface area contributed by atoms with Crippen molar-refractivity contribution in [2.24, 2.45) is 5.73 Å². The largest absolute Gasteiger partial charge is 0.368 e. The molecule has 120 valence electrons. The lowest BCUT2D eigenvalue weighted by atomic mass is 10.2. The van der Waals surface area contributed by atoms with E-state index < -0.39 is 35.6 Å². The highest BCUT2D eigenvalue weighted by atomic mass is 19.1. The molecule has 1 aromatic carbocycles. The van der Waals surface area contributed by atoms with Gasteiger partial charge in [-0.1, -0.05) is 12.1 Å². The number of carbonyl (C=O) groups is 2. The van der Waals surface area contributed by atoms with Crippen LogP contribution in [0.15, 0.2) is 41.2 Å². The van der Waals surface area contributed by atoms with Crippen molar-refractivity contribution in [2.45, 2.75) is 13.1 Å². The minimum Gasteiger partial charge on any atom is -0.368 e. The third-order valence-corrected chi connectivity index (χ3v) is 3.05. The van der Waals surface area contributed by atoms with Crippen LogP contribution in [-0.4, -0.2) is 16.4 Å². The molecule has 0 bridgehead atoms. The van der Waals surface area contributed by atoms with Crippen LogP contribution < -0.4 is 16.6 Å². The van der Waals surface area contributed by atoms with Crippen molar-refractivity contribution in [2.75, 3.05) is 0 Å². The molecule has 2 rings (SSSR count). The van der Waals surface area contributed by atoms with Crippen molar-refractivity contribution < 1.29 is 18.4 Å². The van der Waals surface area contributed by atoms with Crippen molar-refractivity contribution >= 4 is 11.8 Å². The number of pyridine rings is 1. The first-order valence-corrected chi connectivity index (χ1v) is 6.59. The maximum atomic E-state index is 13.5. The van der Waals surface area contributed by atoms with E-state index in [0.29, 0.717) is 6.07 Å². The van der Waals surface area contributed by atoms with Gasteiger partial charge in [0.2, 0.25) is 5.91 Å². The molecule has 2 aromatic rings. The molecule has 1 aromatic heterocycles. The molecule has 0 saturated heterocycles. The first-order valence-electron chi connectivity index (χ1n) is 6.59. The zero-order valence-corrected chi connectivity index (χ0v) is 11.9. The Morgan fingerprint density at radius 1 is 1.17 bits per heavy atom. The lowest BCUT2D eigenvalue weighted by Gasteiger charge is -2.11. The Kier molecular flexibility index (Phi) is 4.85. The third-order valence-electron chi connectivity index (χ3n) is 3.05. The van der Waals surface area contributed by atoms with E-state index in [1.165, 1.54) is 24.3 Å². The van der Waals surface area contributed by atoms with Crippen molar-refractivity contribution in [1.29, 1.82) is 0 Å². The van der Waals surface area contributed by atoms with Crippen molar-refractivity contribution in [3.63, 3.8) is 0 Å². The highest BCUT2D eigenvalue weighted by Crippen LogP contribution is 2.09. The molecule has 6 nitrogen and oxygen atoms in total. The summed E-state index contributed by atoms with van der Waals surface area (Å²) < 4.78 is 27.2. The number of carbonyl (C=O) groups excluding carboxylic acids is 2. The van der Waals surface area contributed by atoms with Crippen LogP contribution in [0.1, 0.15) is 16.1 Å². The number of benzene rings is 1. The lowest BCUT2D eigenvalue weighted by Crippen LogP contribution is -2.35. The van der Waals surface area contributed by atoms with Crippen LogP contribution in [-0.2, 0) is 17.9 Å². The van der Waals surface area contributed by atoms with Crippen molar-refractivity contribution in [3.05, 3.63) is 69.6 Å². The molecule has 0 fully saturated rings. The monoisotopic (exact) mass is 321 g/mol. The molecule has 23 heavy (non-hydrogen) atoms. The number of nitrogens with one attached hydrogen (secondary N) is 1. The molecule has 0 aliphatic rings. The minimum atomic E-state index is -0.798. The summed E-state index contributed by atoms with van der Waals surface area (Å²) in [7, 11) is 0. The highest BCUT2D eigenvalue weighted by molar-refractivity contribution is 5.93. The second-order valence-corrected chi connectivity index (χ2v) is 4.72. The molecular weight excluding hydrogens is 308 g/mol. The van der Waals surface area contributed by atoms with Crippen LogP contribution in [0.5, 0.6) is 0 Å². The van der Waals surface area contributed by atoms with E-state index >= 15 is 0 Å². The topological polar surface area (TPSA) is 94.2 Å². The molecule has 0 saturated carbocycles. The smallest absolute Gasteiger partial charge is 0.268 e. The summed E-state index contributed by atoms with van der Waals surface area (Å²) in [6.45, 7) is -0.655. The van der Waals surface area contributed by atoms with Crippen LogP contribution in [0.25, 0.3) is 0 Å². The van der Waals surface area contributed by atoms with Gasteiger partial charge in [-0.25, -0.2) is 8.78 Å². The average molecular weight is 321 g/mol. The van der Waals surface area contributed by atoms with Gasteiger partial charge in [-0.15, -0.1) is 0 Å². The van der Waals surface area contributed by atoms with E-state index in [-0.39, 0.29) is 17.8 Å². The van der Waals surface area contributed by atoms with E-state index in [2.05, 4.69) is 5.32 Å². The molecule has 0 unspecified atom stereocenters. The SMILES string of the molecule is NC(=O)Cn1c(C(=O)NCc2ccc(F)cc2F)cccc1=O. The summed E-state index contributed by atoms with van der Waals surface area (Å²) in [5.41, 5.74) is 4.48. The number of halogens is 2. The number of aromatic nitrogens is 1. The van der Waals surface area contributed by atoms with Gasteiger partial charge in [0.25, 0.3) is 11.5 Å². The first-order chi connectivity index (χ1) is 10.9. The Morgan fingerprint density at radius 2 is 1.91 bits per heavy atom. The van der Waals surface area contributed by atoms with E-state index in [0.717, 1.165) is 10.6 Å². The van der Waals surface area contributed by atoms with E-state index in [4.69, 9.17) is 5.73 Å². The summed E-state index contributed by atoms with van der Waals surface area (Å²) in [6, 6.07) is 6.84. The zero-order chi connectivity index (χ0) is 17.0. The maximum absolute atomic E-state index is 13.5. The number of amides is 2. The fourth-order valence-corrected chi connectivity index (χ4v) is 1.97. The molecule has 0 aliphatic carbocycles. The number of nitrogens with two attached hydrogens (primary N) is 1. The predicted octanol–water partition coefficient (Wildman–Crippen LogP) is 0.542. The standard InChI is InChI=1S/C15H13F2N3O3/c16-10-5-4-9(11(17)6-10)7-19-15(23)12-2-1-3-14(22)20(12)8-13(18)21/h1-6H,7-8H2,(H2,18,21)(H,19,23). The number of hydrogen-bond acceptors (Lipinski definition) is 3. The molecule has 0 spiro atoms. The molecule has 0 radical (unpaired) electrons. The van der Waals surface area contributed by atoms with E-state index in [1.807, 2.05) is 0 Å². The van der Waals surface area contributed by atoms with Gasteiger partial charge in [-0.05, 0) is 12.1 Å². The number of rotatable bonds is 5. The highest BCUT2D eigenvalue weighted by Gasteiger charge is 2.14. The Labute approximate surface area is 129 Å². The molecule has 0 atom stereocenters. The molecule has 3 N–H and O–H groups in total. The Balaban J connectivity index is 2.19. The van der Waals surface area contributed by atoms with E-state index in [1.54, 1.807) is 0 Å². The first kappa shape index (κ1) is 16.3. The predicted molar refractivity (Wildman–Crippen MR) is 77.4 cm³/mol. The van der Waals surface area contributed by atoms with Gasteiger partial charge in [0.05, 0.1) is 0 Å². The molecule has 1 heterocycles. The number of nitrogens with zero attached hydrogens (tertiary/aromatic N) is 1. The Bertz CT molecular complexity index is 818. The van der Waals surface area contributed by atoms with Crippen LogP contribution in [0.4, 0.5) is 8.78 Å². The van der Waals surface area contributed by atoms with Gasteiger partial charge >= 0.3 is 0 Å². The van der Waals surface area contributed by atoms with Gasteiger partial charge in [0.15, 0.2) is 0 Å². The average Bonchev–Trinajstić information content (AvgIpc) is 2.47. The molecule has 8 heteroatoms. The van der Waals surface area contributed by atoms with Crippen molar-refractivity contribution in [3.8, 4) is 0 Å². The maximum Gasteiger partial charge on any atom is 0.268 e. The minimum absolute atomic E-state index is 0.0829. The van der Waals surface area contributed by atoms with E-state index in [9.17, 15) is 23.2 Å². The Morgan fingerprint density at radius 3 is 2.57 bits per heavy atom. The normalized spacial score (nSPS) is 10.3. The Hall–Kier alpha value is -3.03. The van der Waals surface area contributed by atoms with Crippen molar-refractivity contribution in [1.82, 2.24) is 9.88 Å². The summed E-state index contributed by atoms with van der Waals surface area (Å²) in [5, 5.41) is 2.40. The summed E-state index contributed by atoms with van der Waals surface area (Å²) in [5.74, 6) is -2.99. The van der Waals surface area contributed by atoms with Gasteiger partial charge in [0.1, 0.15) is 23.9 Å². The van der Waals surface area contributed by atoms with Gasteiger partial charge < -0.3 is 11.1 Å². The van der Waals surface area contributed by atoms with Gasteiger partial charge in [-0.3, -0.25) is 19.0 Å². The second-order valence-electron chi connectivity index (χ2n) is 4.72. The lowest BCUT2D eigenvalue weighted by molar-refractivity contribution is -0.118. The fraction of sp³-hybridized carbons (Fsp3) is 0.133. The van der Waals surface area contributed by atoms with Gasteiger partial charge in [0, 0.05) is 24.2 Å². The van der Waals surface area contributed by atoms with Crippen LogP contribution in [0, 0.1) is 11.6 Å². The summed E-state index contributed by atoms with van der Waals surface area (Å²) in [4.78, 5) is 34.8. The van der Waals surface area contributed by atoms with Crippen LogP contribution >= 0.6 is 0 Å².